The molecule has 0 fully saturated rings. The van der Waals surface area contributed by atoms with Gasteiger partial charge in [0, 0.05) is 0 Å². The monoisotopic (exact) mass is 329 g/mol. The summed E-state index contributed by atoms with van der Waals surface area (Å²) in [6.45, 7) is 10.9. The Morgan fingerprint density at radius 3 is 2.42 bits per heavy atom. The van der Waals surface area contributed by atoms with E-state index < -0.39 is 0 Å². The van der Waals surface area contributed by atoms with Gasteiger partial charge in [-0.2, -0.15) is 0 Å². The first kappa shape index (κ1) is 16.6. The van der Waals surface area contributed by atoms with Crippen molar-refractivity contribution in [2.75, 3.05) is 13.1 Å². The molecule has 1 atom stereocenters. The topological polar surface area (TPSA) is 12.0 Å². The summed E-state index contributed by atoms with van der Waals surface area (Å²) in [4.78, 5) is 0. The molecule has 1 aromatic rings. The van der Waals surface area contributed by atoms with E-state index >= 15 is 0 Å². The van der Waals surface area contributed by atoms with Crippen molar-refractivity contribution in [2.24, 2.45) is 17.8 Å². The summed E-state index contributed by atoms with van der Waals surface area (Å²) in [5.41, 5.74) is 1.06. The van der Waals surface area contributed by atoms with E-state index in [1.807, 2.05) is 6.07 Å². The lowest BCUT2D eigenvalue weighted by Gasteiger charge is -2.23. The fourth-order valence-corrected chi connectivity index (χ4v) is 2.52. The summed E-state index contributed by atoms with van der Waals surface area (Å²) >= 11 is 3.35. The van der Waals surface area contributed by atoms with E-state index in [0.29, 0.717) is 22.2 Å². The Bertz CT molecular complexity index is 390. The first-order valence-electron chi connectivity index (χ1n) is 7.05. The number of halogens is 2. The summed E-state index contributed by atoms with van der Waals surface area (Å²) in [5.74, 6) is 1.59. The van der Waals surface area contributed by atoms with Crippen LogP contribution in [0.4, 0.5) is 4.39 Å². The summed E-state index contributed by atoms with van der Waals surface area (Å²) in [7, 11) is 0. The lowest BCUT2D eigenvalue weighted by atomic mass is 9.89. The second kappa shape index (κ2) is 8.01. The third kappa shape index (κ3) is 5.62. The Hall–Kier alpha value is -0.410. The number of hydrogen-bond acceptors (Lipinski definition) is 1. The SMILES string of the molecule is CC(C)CNCC(Cc1cccc(F)c1Br)C(C)C. The van der Waals surface area contributed by atoms with Gasteiger partial charge in [-0.1, -0.05) is 39.8 Å². The van der Waals surface area contributed by atoms with Crippen LogP contribution in [-0.2, 0) is 6.42 Å². The standard InChI is InChI=1S/C16H25BrFN/c1-11(2)9-19-10-14(12(3)4)8-13-6-5-7-15(18)16(13)17/h5-7,11-12,14,19H,8-10H2,1-4H3. The van der Waals surface area contributed by atoms with E-state index in [1.54, 1.807) is 6.07 Å². The van der Waals surface area contributed by atoms with Gasteiger partial charge in [-0.05, 0) is 64.8 Å². The molecule has 19 heavy (non-hydrogen) atoms. The van der Waals surface area contributed by atoms with Gasteiger partial charge in [-0.25, -0.2) is 4.39 Å². The maximum atomic E-state index is 13.5. The summed E-state index contributed by atoms with van der Waals surface area (Å²) in [6, 6.07) is 5.29. The first-order chi connectivity index (χ1) is 8.91. The molecule has 1 aromatic carbocycles. The number of rotatable bonds is 7. The molecule has 1 rings (SSSR count). The second-order valence-corrected chi connectivity index (χ2v) is 6.77. The molecule has 3 heteroatoms. The van der Waals surface area contributed by atoms with Crippen LogP contribution in [0.5, 0.6) is 0 Å². The van der Waals surface area contributed by atoms with Gasteiger partial charge in [0.25, 0.3) is 0 Å². The van der Waals surface area contributed by atoms with Crippen molar-refractivity contribution in [2.45, 2.75) is 34.1 Å². The van der Waals surface area contributed by atoms with Crippen molar-refractivity contribution in [3.8, 4) is 0 Å². The van der Waals surface area contributed by atoms with E-state index in [4.69, 9.17) is 0 Å². The van der Waals surface area contributed by atoms with Gasteiger partial charge in [-0.15, -0.1) is 0 Å². The predicted octanol–water partition coefficient (Wildman–Crippen LogP) is 4.65. The Labute approximate surface area is 125 Å². The molecule has 0 bridgehead atoms. The van der Waals surface area contributed by atoms with Crippen LogP contribution in [-0.4, -0.2) is 13.1 Å². The lowest BCUT2D eigenvalue weighted by molar-refractivity contribution is 0.352. The average Bonchev–Trinajstić information content (AvgIpc) is 2.32. The molecule has 0 aliphatic heterocycles. The Balaban J connectivity index is 2.65. The van der Waals surface area contributed by atoms with Gasteiger partial charge in [0.05, 0.1) is 4.47 Å². The third-order valence-electron chi connectivity index (χ3n) is 3.42. The van der Waals surface area contributed by atoms with Gasteiger partial charge in [0.1, 0.15) is 5.82 Å². The zero-order valence-electron chi connectivity index (χ0n) is 12.3. The fourth-order valence-electron chi connectivity index (χ4n) is 2.09. The molecule has 0 saturated heterocycles. The molecule has 0 spiro atoms. The normalized spacial score (nSPS) is 13.3. The summed E-state index contributed by atoms with van der Waals surface area (Å²) in [5, 5.41) is 3.51. The smallest absolute Gasteiger partial charge is 0.137 e. The van der Waals surface area contributed by atoms with E-state index in [9.17, 15) is 4.39 Å². The van der Waals surface area contributed by atoms with Crippen LogP contribution < -0.4 is 5.32 Å². The van der Waals surface area contributed by atoms with Crippen LogP contribution in [0.1, 0.15) is 33.3 Å². The highest BCUT2D eigenvalue weighted by molar-refractivity contribution is 9.10. The Kier molecular flexibility index (Phi) is 7.01. The molecule has 0 saturated carbocycles. The molecule has 1 N–H and O–H groups in total. The van der Waals surface area contributed by atoms with Crippen LogP contribution in [0.15, 0.2) is 22.7 Å². The number of nitrogens with one attached hydrogen (secondary N) is 1. The molecule has 1 nitrogen and oxygen atoms in total. The van der Waals surface area contributed by atoms with Crippen LogP contribution in [0.3, 0.4) is 0 Å². The quantitative estimate of drug-likeness (QED) is 0.767. The van der Waals surface area contributed by atoms with Gasteiger partial charge >= 0.3 is 0 Å². The molecule has 0 aliphatic rings. The van der Waals surface area contributed by atoms with Crippen molar-refractivity contribution >= 4 is 15.9 Å². The molecular formula is C16H25BrFN. The minimum Gasteiger partial charge on any atom is -0.316 e. The molecule has 0 aromatic heterocycles. The predicted molar refractivity (Wildman–Crippen MR) is 83.8 cm³/mol. The number of benzene rings is 1. The van der Waals surface area contributed by atoms with Crippen LogP contribution in [0.2, 0.25) is 0 Å². The maximum Gasteiger partial charge on any atom is 0.137 e. The van der Waals surface area contributed by atoms with Crippen LogP contribution in [0, 0.1) is 23.6 Å². The minimum atomic E-state index is -0.171. The fraction of sp³-hybridized carbons (Fsp3) is 0.625. The van der Waals surface area contributed by atoms with E-state index in [1.165, 1.54) is 6.07 Å². The molecule has 0 amide bonds. The largest absolute Gasteiger partial charge is 0.316 e. The molecule has 0 aliphatic carbocycles. The molecular weight excluding hydrogens is 305 g/mol. The molecule has 0 heterocycles. The van der Waals surface area contributed by atoms with Gasteiger partial charge < -0.3 is 5.32 Å². The second-order valence-electron chi connectivity index (χ2n) is 5.97. The summed E-state index contributed by atoms with van der Waals surface area (Å²) < 4.78 is 14.1. The first-order valence-corrected chi connectivity index (χ1v) is 7.84. The Morgan fingerprint density at radius 1 is 1.16 bits per heavy atom. The van der Waals surface area contributed by atoms with Crippen LogP contribution >= 0.6 is 15.9 Å². The highest BCUT2D eigenvalue weighted by Crippen LogP contribution is 2.25. The molecule has 0 radical (unpaired) electrons. The zero-order valence-corrected chi connectivity index (χ0v) is 13.9. The van der Waals surface area contributed by atoms with Crippen molar-refractivity contribution in [3.05, 3.63) is 34.1 Å². The Morgan fingerprint density at radius 2 is 1.84 bits per heavy atom. The molecule has 108 valence electrons. The highest BCUT2D eigenvalue weighted by Gasteiger charge is 2.16. The van der Waals surface area contributed by atoms with Gasteiger partial charge in [0.15, 0.2) is 0 Å². The minimum absolute atomic E-state index is 0.171. The van der Waals surface area contributed by atoms with Gasteiger partial charge in [-0.3, -0.25) is 0 Å². The average molecular weight is 330 g/mol. The number of hydrogen-bond donors (Lipinski definition) is 1. The van der Waals surface area contributed by atoms with Gasteiger partial charge in [0.2, 0.25) is 0 Å². The van der Waals surface area contributed by atoms with Crippen LogP contribution in [0.25, 0.3) is 0 Å². The van der Waals surface area contributed by atoms with Crippen molar-refractivity contribution < 1.29 is 4.39 Å². The lowest BCUT2D eigenvalue weighted by Crippen LogP contribution is -2.30. The zero-order chi connectivity index (χ0) is 14.4. The summed E-state index contributed by atoms with van der Waals surface area (Å²) in [6.07, 6.45) is 0.904. The molecule has 1 unspecified atom stereocenters. The highest BCUT2D eigenvalue weighted by atomic mass is 79.9. The van der Waals surface area contributed by atoms with E-state index in [0.717, 1.165) is 25.1 Å². The van der Waals surface area contributed by atoms with E-state index in [-0.39, 0.29) is 5.82 Å². The van der Waals surface area contributed by atoms with E-state index in [2.05, 4.69) is 48.9 Å². The van der Waals surface area contributed by atoms with Crippen molar-refractivity contribution in [1.29, 1.82) is 0 Å². The van der Waals surface area contributed by atoms with Crippen molar-refractivity contribution in [3.63, 3.8) is 0 Å². The third-order valence-corrected chi connectivity index (χ3v) is 4.30. The van der Waals surface area contributed by atoms with Crippen molar-refractivity contribution in [1.82, 2.24) is 5.32 Å². The maximum absolute atomic E-state index is 13.5.